The Balaban J connectivity index is 3.07. The van der Waals surface area contributed by atoms with Crippen molar-refractivity contribution in [1.29, 1.82) is 0 Å². The summed E-state index contributed by atoms with van der Waals surface area (Å²) in [5.41, 5.74) is 1.17. The van der Waals surface area contributed by atoms with E-state index < -0.39 is 0 Å². The fraction of sp³-hybridized carbons (Fsp3) is 0.167. The maximum Gasteiger partial charge on any atom is 0.268 e. The van der Waals surface area contributed by atoms with Gasteiger partial charge in [-0.3, -0.25) is 14.6 Å². The average molecular weight is 218 g/mol. The number of amides is 1. The Kier molecular flexibility index (Phi) is 4.42. The quantitative estimate of drug-likeness (QED) is 0.272. The minimum Gasteiger partial charge on any atom is -0.299 e. The van der Waals surface area contributed by atoms with E-state index in [1.807, 2.05) is 0 Å². The lowest BCUT2D eigenvalue weighted by Gasteiger charge is -2.15. The summed E-state index contributed by atoms with van der Waals surface area (Å²) in [6.07, 6.45) is 3.60. The molecule has 0 aromatic heterocycles. The van der Waals surface area contributed by atoms with E-state index in [0.717, 1.165) is 5.01 Å². The van der Waals surface area contributed by atoms with Gasteiger partial charge in [0.2, 0.25) is 0 Å². The molecule has 1 aromatic carbocycles. The van der Waals surface area contributed by atoms with E-state index >= 15 is 0 Å². The first kappa shape index (κ1) is 12.1. The van der Waals surface area contributed by atoms with Crippen LogP contribution in [0.1, 0.15) is 22.8 Å². The Morgan fingerprint density at radius 1 is 1.44 bits per heavy atom. The molecule has 2 N–H and O–H groups in total. The molecule has 1 amide bonds. The number of hydrogen-bond acceptors (Lipinski definition) is 3. The summed E-state index contributed by atoms with van der Waals surface area (Å²) in [6, 6.07) is 7.00. The van der Waals surface area contributed by atoms with Crippen LogP contribution in [0.4, 0.5) is 0 Å². The number of nitrogens with zero attached hydrogens (tertiary/aromatic N) is 1. The van der Waals surface area contributed by atoms with Gasteiger partial charge in [0.15, 0.2) is 0 Å². The molecule has 4 nitrogen and oxygen atoms in total. The summed E-state index contributed by atoms with van der Waals surface area (Å²) in [4.78, 5) is 22.1. The van der Waals surface area contributed by atoms with Crippen LogP contribution in [0.25, 0.3) is 6.08 Å². The van der Waals surface area contributed by atoms with Crippen molar-refractivity contribution in [2.24, 2.45) is 5.84 Å². The van der Waals surface area contributed by atoms with E-state index in [0.29, 0.717) is 24.0 Å². The van der Waals surface area contributed by atoms with Gasteiger partial charge in [0.25, 0.3) is 5.91 Å². The van der Waals surface area contributed by atoms with Crippen LogP contribution >= 0.6 is 0 Å². The molecule has 84 valence electrons. The minimum atomic E-state index is -0.256. The number of allylic oxidation sites excluding steroid dienone is 1. The van der Waals surface area contributed by atoms with Crippen molar-refractivity contribution < 1.29 is 9.59 Å². The molecule has 0 saturated heterocycles. The van der Waals surface area contributed by atoms with Crippen LogP contribution in [-0.2, 0) is 4.79 Å². The second kappa shape index (κ2) is 5.82. The van der Waals surface area contributed by atoms with Gasteiger partial charge in [-0.1, -0.05) is 24.3 Å². The molecule has 0 aliphatic heterocycles. The molecule has 0 saturated carbocycles. The fourth-order valence-corrected chi connectivity index (χ4v) is 1.28. The molecule has 0 unspecified atom stereocenters. The largest absolute Gasteiger partial charge is 0.299 e. The van der Waals surface area contributed by atoms with Gasteiger partial charge in [-0.15, -0.1) is 0 Å². The van der Waals surface area contributed by atoms with Crippen molar-refractivity contribution in [3.63, 3.8) is 0 Å². The number of benzene rings is 1. The fourth-order valence-electron chi connectivity index (χ4n) is 1.28. The number of nitrogens with two attached hydrogens (primary N) is 1. The molecule has 0 aliphatic rings. The van der Waals surface area contributed by atoms with Crippen molar-refractivity contribution in [2.45, 2.75) is 6.92 Å². The standard InChI is InChI=1S/C12H14N2O2/c1-2-14(13)12(16)11-8-4-3-6-10(11)7-5-9-15/h3-9H,2,13H2,1H3/b7-5+. The third-order valence-electron chi connectivity index (χ3n) is 2.15. The van der Waals surface area contributed by atoms with E-state index in [1.54, 1.807) is 37.3 Å². The summed E-state index contributed by atoms with van der Waals surface area (Å²) in [5, 5.41) is 1.13. The Hall–Kier alpha value is -1.94. The molecule has 1 rings (SSSR count). The molecule has 0 radical (unpaired) electrons. The number of rotatable bonds is 4. The molecule has 4 heteroatoms. The van der Waals surface area contributed by atoms with Gasteiger partial charge in [0, 0.05) is 12.1 Å². The summed E-state index contributed by atoms with van der Waals surface area (Å²) in [7, 11) is 0. The van der Waals surface area contributed by atoms with Crippen LogP contribution in [0.5, 0.6) is 0 Å². The van der Waals surface area contributed by atoms with Crippen molar-refractivity contribution >= 4 is 18.3 Å². The second-order valence-corrected chi connectivity index (χ2v) is 3.17. The molecule has 0 bridgehead atoms. The zero-order valence-electron chi connectivity index (χ0n) is 9.09. The third-order valence-corrected chi connectivity index (χ3v) is 2.15. The van der Waals surface area contributed by atoms with Crippen LogP contribution in [0.2, 0.25) is 0 Å². The zero-order valence-corrected chi connectivity index (χ0v) is 9.09. The molecule has 0 heterocycles. The summed E-state index contributed by atoms with van der Waals surface area (Å²) < 4.78 is 0. The number of hydrogen-bond donors (Lipinski definition) is 1. The monoisotopic (exact) mass is 218 g/mol. The highest BCUT2D eigenvalue weighted by molar-refractivity contribution is 5.98. The van der Waals surface area contributed by atoms with Gasteiger partial charge in [-0.2, -0.15) is 0 Å². The molecule has 0 spiro atoms. The molecule has 0 aliphatic carbocycles. The Morgan fingerprint density at radius 3 is 2.75 bits per heavy atom. The number of hydrazine groups is 1. The predicted octanol–water partition coefficient (Wildman–Crippen LogP) is 1.23. The van der Waals surface area contributed by atoms with Crippen LogP contribution < -0.4 is 5.84 Å². The van der Waals surface area contributed by atoms with E-state index in [1.165, 1.54) is 6.08 Å². The van der Waals surface area contributed by atoms with Gasteiger partial charge in [0.1, 0.15) is 6.29 Å². The molecule has 0 atom stereocenters. The van der Waals surface area contributed by atoms with Crippen molar-refractivity contribution in [3.05, 3.63) is 41.5 Å². The number of carbonyl (C=O) groups excluding carboxylic acids is 2. The Bertz CT molecular complexity index is 413. The van der Waals surface area contributed by atoms with E-state index in [2.05, 4.69) is 0 Å². The van der Waals surface area contributed by atoms with E-state index in [4.69, 9.17) is 5.84 Å². The highest BCUT2D eigenvalue weighted by atomic mass is 16.2. The van der Waals surface area contributed by atoms with Gasteiger partial charge < -0.3 is 0 Å². The first-order valence-corrected chi connectivity index (χ1v) is 4.98. The first-order chi connectivity index (χ1) is 7.70. The Labute approximate surface area is 94.3 Å². The van der Waals surface area contributed by atoms with Crippen molar-refractivity contribution in [2.75, 3.05) is 6.54 Å². The first-order valence-electron chi connectivity index (χ1n) is 4.98. The molecule has 16 heavy (non-hydrogen) atoms. The highest BCUT2D eigenvalue weighted by Crippen LogP contribution is 2.12. The second-order valence-electron chi connectivity index (χ2n) is 3.17. The molecule has 0 fully saturated rings. The molecular weight excluding hydrogens is 204 g/mol. The normalized spacial score (nSPS) is 10.4. The SMILES string of the molecule is CCN(N)C(=O)c1ccccc1/C=C/C=O. The number of carbonyl (C=O) groups is 2. The van der Waals surface area contributed by atoms with Crippen LogP contribution in [0, 0.1) is 0 Å². The van der Waals surface area contributed by atoms with Crippen molar-refractivity contribution in [1.82, 2.24) is 5.01 Å². The van der Waals surface area contributed by atoms with Crippen LogP contribution in [0.15, 0.2) is 30.3 Å². The predicted molar refractivity (Wildman–Crippen MR) is 62.4 cm³/mol. The van der Waals surface area contributed by atoms with Crippen LogP contribution in [0.3, 0.4) is 0 Å². The minimum absolute atomic E-state index is 0.256. The zero-order chi connectivity index (χ0) is 12.0. The topological polar surface area (TPSA) is 63.4 Å². The summed E-state index contributed by atoms with van der Waals surface area (Å²) in [6.45, 7) is 2.23. The third kappa shape index (κ3) is 2.77. The molecule has 1 aromatic rings. The maximum absolute atomic E-state index is 11.8. The van der Waals surface area contributed by atoms with Gasteiger partial charge in [0.05, 0.1) is 0 Å². The lowest BCUT2D eigenvalue weighted by atomic mass is 10.1. The average Bonchev–Trinajstić information content (AvgIpc) is 2.34. The highest BCUT2D eigenvalue weighted by Gasteiger charge is 2.12. The van der Waals surface area contributed by atoms with Crippen molar-refractivity contribution in [3.8, 4) is 0 Å². The molecular formula is C12H14N2O2. The van der Waals surface area contributed by atoms with E-state index in [9.17, 15) is 9.59 Å². The van der Waals surface area contributed by atoms with Gasteiger partial charge >= 0.3 is 0 Å². The summed E-state index contributed by atoms with van der Waals surface area (Å²) in [5.74, 6) is 5.28. The number of aldehydes is 1. The van der Waals surface area contributed by atoms with E-state index in [-0.39, 0.29) is 5.91 Å². The lowest BCUT2D eigenvalue weighted by molar-refractivity contribution is -0.104. The van der Waals surface area contributed by atoms with Crippen LogP contribution in [-0.4, -0.2) is 23.7 Å². The van der Waals surface area contributed by atoms with Gasteiger partial charge in [-0.05, 0) is 24.6 Å². The summed E-state index contributed by atoms with van der Waals surface area (Å²) >= 11 is 0. The maximum atomic E-state index is 11.8. The van der Waals surface area contributed by atoms with Gasteiger partial charge in [-0.25, -0.2) is 5.84 Å². The lowest BCUT2D eigenvalue weighted by Crippen LogP contribution is -2.37. The smallest absolute Gasteiger partial charge is 0.268 e. The Morgan fingerprint density at radius 2 is 2.12 bits per heavy atom.